The predicted molar refractivity (Wildman–Crippen MR) is 224 cm³/mol. The number of aromatic hydroxyl groups is 1. The van der Waals surface area contributed by atoms with E-state index in [2.05, 4.69) is 22.8 Å². The van der Waals surface area contributed by atoms with Gasteiger partial charge in [0.1, 0.15) is 35.2 Å². The van der Waals surface area contributed by atoms with E-state index in [-0.39, 0.29) is 107 Å². The first kappa shape index (κ1) is 43.0. The summed E-state index contributed by atoms with van der Waals surface area (Å²) < 4.78 is 76.7. The van der Waals surface area contributed by atoms with E-state index in [0.29, 0.717) is 37.6 Å². The Labute approximate surface area is 357 Å². The molecule has 8 rings (SSSR count). The monoisotopic (exact) mass is 858 g/mol. The molecule has 16 heteroatoms. The fourth-order valence-corrected chi connectivity index (χ4v) is 9.83. The van der Waals surface area contributed by atoms with Gasteiger partial charge in [-0.2, -0.15) is 18.7 Å². The van der Waals surface area contributed by atoms with Crippen molar-refractivity contribution in [3.63, 3.8) is 0 Å². The zero-order valence-corrected chi connectivity index (χ0v) is 34.7. The third kappa shape index (κ3) is 8.56. The van der Waals surface area contributed by atoms with Gasteiger partial charge >= 0.3 is 18.1 Å². The number of phenols is 1. The lowest BCUT2D eigenvalue weighted by molar-refractivity contribution is -0.152. The summed E-state index contributed by atoms with van der Waals surface area (Å²) in [6.45, 7) is 2.98. The molecular weight excluding hydrogens is 809 g/mol. The molecule has 2 aromatic carbocycles. The van der Waals surface area contributed by atoms with Crippen LogP contribution < -0.4 is 9.64 Å². The molecule has 0 aliphatic carbocycles. The highest BCUT2D eigenvalue weighted by Crippen LogP contribution is 2.44. The lowest BCUT2D eigenvalue weighted by Gasteiger charge is -2.41. The lowest BCUT2D eigenvalue weighted by atomic mass is 9.94. The standard InChI is InChI=1S/C46H50F4N6O6/c1-3-5-6-7-8-9-10-12-37(58)61-27-62-45(59)56-30-14-15-31(56)25-54(24-30)43-35-22-51-40(34-20-32(57)19-28-13-16-36(47)33(4-2)38(28)34)39(48)41(35)52-44(53-43)60-26-46-17-11-18-55(46)23-29(21-46)42(49)50/h2,13,16,19-20,22,30-31,57H,3,5-12,14-15,17-18,21,23-27H2,1H3. The van der Waals surface area contributed by atoms with Crippen molar-refractivity contribution in [1.29, 1.82) is 0 Å². The summed E-state index contributed by atoms with van der Waals surface area (Å²) in [5, 5.41) is 11.4. The number of unbranched alkanes of at least 4 members (excludes halogenated alkanes) is 6. The molecule has 4 fully saturated rings. The SMILES string of the molecule is C#Cc1c(F)ccc2cc(O)cc(-c3ncc4c(N5CC6CCC(C5)N6C(=O)OCOC(=O)CCCCCCCCC)nc(OCC56CCCN5CC(=C(F)F)C6)nc4c3F)c12. The summed E-state index contributed by atoms with van der Waals surface area (Å²) in [5.41, 5.74) is -1.17. The quantitative estimate of drug-likeness (QED) is 0.0404. The Morgan fingerprint density at radius 2 is 1.77 bits per heavy atom. The fraction of sp³-hybridized carbons (Fsp3) is 0.500. The number of fused-ring (bicyclic) bond motifs is 5. The number of carbonyl (C=O) groups is 2. The molecule has 12 nitrogen and oxygen atoms in total. The number of carbonyl (C=O) groups excluding carboxylic acids is 2. The van der Waals surface area contributed by atoms with Crippen LogP contribution in [0.2, 0.25) is 0 Å². The van der Waals surface area contributed by atoms with Crippen LogP contribution in [-0.4, -0.2) is 99.1 Å². The van der Waals surface area contributed by atoms with Crippen molar-refractivity contribution >= 4 is 39.6 Å². The molecule has 328 valence electrons. The summed E-state index contributed by atoms with van der Waals surface area (Å²) in [6, 6.07) is 4.42. The Hall–Kier alpha value is -5.69. The number of ether oxygens (including phenoxy) is 3. The summed E-state index contributed by atoms with van der Waals surface area (Å²) in [5.74, 6) is 0.369. The van der Waals surface area contributed by atoms with Crippen LogP contribution in [0.3, 0.4) is 0 Å². The molecule has 3 unspecified atom stereocenters. The van der Waals surface area contributed by atoms with E-state index in [1.165, 1.54) is 49.7 Å². The topological polar surface area (TPSA) is 130 Å². The average Bonchev–Trinajstić information content (AvgIpc) is 3.90. The molecule has 62 heavy (non-hydrogen) atoms. The Kier molecular flexibility index (Phi) is 12.7. The van der Waals surface area contributed by atoms with Crippen LogP contribution in [0.5, 0.6) is 11.8 Å². The van der Waals surface area contributed by atoms with E-state index in [4.69, 9.17) is 25.6 Å². The number of amides is 1. The van der Waals surface area contributed by atoms with Crippen LogP contribution in [-0.2, 0) is 14.3 Å². The minimum Gasteiger partial charge on any atom is -0.508 e. The van der Waals surface area contributed by atoms with E-state index in [1.54, 1.807) is 4.90 Å². The molecule has 6 heterocycles. The number of rotatable bonds is 15. The number of phenolic OH excluding ortho intramolecular Hbond substituents is 1. The zero-order chi connectivity index (χ0) is 43.5. The lowest BCUT2D eigenvalue weighted by Crippen LogP contribution is -2.56. The Bertz CT molecular complexity index is 2430. The summed E-state index contributed by atoms with van der Waals surface area (Å²) in [4.78, 5) is 45.0. The van der Waals surface area contributed by atoms with Gasteiger partial charge in [-0.15, -0.1) is 6.42 Å². The first-order valence-corrected chi connectivity index (χ1v) is 21.5. The second-order valence-corrected chi connectivity index (χ2v) is 16.9. The van der Waals surface area contributed by atoms with Gasteiger partial charge in [-0.1, -0.05) is 57.4 Å². The number of terminal acetylenes is 1. The fourth-order valence-electron chi connectivity index (χ4n) is 9.83. The predicted octanol–water partition coefficient (Wildman–Crippen LogP) is 9.01. The number of halogens is 4. The molecule has 2 aromatic heterocycles. The van der Waals surface area contributed by atoms with Crippen molar-refractivity contribution in [2.45, 2.75) is 108 Å². The van der Waals surface area contributed by atoms with E-state index in [0.717, 1.165) is 25.7 Å². The van der Waals surface area contributed by atoms with Crippen molar-refractivity contribution in [3.8, 4) is 35.4 Å². The maximum atomic E-state index is 17.2. The van der Waals surface area contributed by atoms with Gasteiger partial charge in [-0.05, 0) is 68.7 Å². The first-order valence-electron chi connectivity index (χ1n) is 21.5. The first-order chi connectivity index (χ1) is 30.0. The highest BCUT2D eigenvalue weighted by Gasteiger charge is 2.49. The van der Waals surface area contributed by atoms with Crippen LogP contribution >= 0.6 is 0 Å². The molecular formula is C46H50F4N6O6. The third-order valence-electron chi connectivity index (χ3n) is 12.9. The second-order valence-electron chi connectivity index (χ2n) is 16.9. The van der Waals surface area contributed by atoms with E-state index in [9.17, 15) is 23.5 Å². The van der Waals surface area contributed by atoms with E-state index < -0.39 is 42.1 Å². The van der Waals surface area contributed by atoms with Crippen LogP contribution in [0.15, 0.2) is 42.1 Å². The van der Waals surface area contributed by atoms with Gasteiger partial charge in [0, 0.05) is 48.8 Å². The number of aromatic nitrogens is 3. The van der Waals surface area contributed by atoms with Crippen molar-refractivity contribution < 1.29 is 46.5 Å². The van der Waals surface area contributed by atoms with Gasteiger partial charge in [-0.25, -0.2) is 13.6 Å². The average molecular weight is 859 g/mol. The number of anilines is 1. The van der Waals surface area contributed by atoms with Gasteiger partial charge < -0.3 is 24.2 Å². The van der Waals surface area contributed by atoms with Gasteiger partial charge in [0.2, 0.25) is 6.79 Å². The largest absolute Gasteiger partial charge is 0.508 e. The molecule has 4 aromatic rings. The molecule has 4 aliphatic rings. The number of esters is 1. The number of benzene rings is 2. The van der Waals surface area contributed by atoms with Gasteiger partial charge in [-0.3, -0.25) is 19.6 Å². The maximum Gasteiger partial charge on any atom is 0.413 e. The molecule has 4 aliphatic heterocycles. The molecule has 4 saturated heterocycles. The highest BCUT2D eigenvalue weighted by atomic mass is 19.3. The van der Waals surface area contributed by atoms with Crippen LogP contribution in [0.1, 0.15) is 96.0 Å². The number of pyridine rings is 1. The summed E-state index contributed by atoms with van der Waals surface area (Å²) in [6.07, 6.45) is 15.3. The number of nitrogens with zero attached hydrogens (tertiary/aromatic N) is 6. The zero-order valence-electron chi connectivity index (χ0n) is 34.7. The molecule has 0 saturated carbocycles. The Morgan fingerprint density at radius 3 is 2.52 bits per heavy atom. The number of piperazine rings is 1. The van der Waals surface area contributed by atoms with E-state index >= 15 is 8.78 Å². The summed E-state index contributed by atoms with van der Waals surface area (Å²) >= 11 is 0. The Balaban J connectivity index is 1.05. The van der Waals surface area contributed by atoms with Crippen molar-refractivity contribution in [2.24, 2.45) is 0 Å². The smallest absolute Gasteiger partial charge is 0.413 e. The second kappa shape index (κ2) is 18.3. The molecule has 1 N–H and O–H groups in total. The molecule has 2 bridgehead atoms. The molecule has 0 radical (unpaired) electrons. The van der Waals surface area contributed by atoms with E-state index in [1.807, 2.05) is 9.80 Å². The minimum absolute atomic E-state index is 0.0230. The van der Waals surface area contributed by atoms with Crippen LogP contribution in [0.4, 0.5) is 28.2 Å². The van der Waals surface area contributed by atoms with Crippen molar-refractivity contribution in [1.82, 2.24) is 24.8 Å². The van der Waals surface area contributed by atoms with Gasteiger partial charge in [0.05, 0.1) is 28.6 Å². The van der Waals surface area contributed by atoms with Crippen molar-refractivity contribution in [3.05, 3.63) is 59.3 Å². The maximum absolute atomic E-state index is 17.2. The molecule has 0 spiro atoms. The normalized spacial score (nSPS) is 20.8. The van der Waals surface area contributed by atoms with Gasteiger partial charge in [0.15, 0.2) is 5.82 Å². The highest BCUT2D eigenvalue weighted by molar-refractivity contribution is 6.03. The third-order valence-corrected chi connectivity index (χ3v) is 12.9. The Morgan fingerprint density at radius 1 is 1.02 bits per heavy atom. The minimum atomic E-state index is -1.70. The van der Waals surface area contributed by atoms with Crippen LogP contribution in [0.25, 0.3) is 32.9 Å². The number of hydrogen-bond acceptors (Lipinski definition) is 11. The molecule has 1 amide bonds. The van der Waals surface area contributed by atoms with Crippen LogP contribution in [0, 0.1) is 24.0 Å². The van der Waals surface area contributed by atoms with Crippen molar-refractivity contribution in [2.75, 3.05) is 44.5 Å². The summed E-state index contributed by atoms with van der Waals surface area (Å²) in [7, 11) is 0. The van der Waals surface area contributed by atoms with Gasteiger partial charge in [0.25, 0.3) is 6.08 Å². The number of hydrogen-bond donors (Lipinski definition) is 1. The molecule has 3 atom stereocenters.